The maximum Gasteiger partial charge on any atom is 0.310 e. The van der Waals surface area contributed by atoms with Crippen molar-refractivity contribution in [2.75, 3.05) is 19.7 Å². The zero-order valence-corrected chi connectivity index (χ0v) is 16.2. The molecular formula is C22H28ClNO2. The highest BCUT2D eigenvalue weighted by atomic mass is 35.5. The highest BCUT2D eigenvalue weighted by molar-refractivity contribution is 6.17. The highest BCUT2D eigenvalue weighted by Gasteiger charge is 2.26. The Labute approximate surface area is 161 Å². The zero-order valence-electron chi connectivity index (χ0n) is 15.4. The van der Waals surface area contributed by atoms with E-state index in [-0.39, 0.29) is 11.9 Å². The van der Waals surface area contributed by atoms with E-state index in [0.717, 1.165) is 32.5 Å². The molecule has 0 saturated carbocycles. The molecular weight excluding hydrogens is 346 g/mol. The van der Waals surface area contributed by atoms with E-state index >= 15 is 0 Å². The first-order valence-electron chi connectivity index (χ1n) is 9.25. The number of rotatable bonds is 5. The summed E-state index contributed by atoms with van der Waals surface area (Å²) < 4.78 is 5.11. The number of likely N-dealkylation sites (tertiary alicyclic amines) is 1. The molecule has 0 bridgehead atoms. The van der Waals surface area contributed by atoms with E-state index < -0.39 is 0 Å². The summed E-state index contributed by atoms with van der Waals surface area (Å²) in [5.41, 5.74) is 2.48. The van der Waals surface area contributed by atoms with Crippen molar-refractivity contribution in [3.05, 3.63) is 71.8 Å². The normalized spacial score (nSPS) is 17.1. The second kappa shape index (κ2) is 11.7. The van der Waals surface area contributed by atoms with E-state index in [0.29, 0.717) is 12.5 Å². The topological polar surface area (TPSA) is 29.5 Å². The van der Waals surface area contributed by atoms with Crippen LogP contribution in [0.15, 0.2) is 60.7 Å². The van der Waals surface area contributed by atoms with Gasteiger partial charge in [0.25, 0.3) is 0 Å². The number of piperidine rings is 1. The molecule has 0 amide bonds. The molecule has 1 heterocycles. The predicted molar refractivity (Wildman–Crippen MR) is 107 cm³/mol. The first kappa shape index (κ1) is 20.5. The van der Waals surface area contributed by atoms with E-state index in [9.17, 15) is 4.79 Å². The SMILES string of the molecule is CCOC(=O)C1CCCN(Cc2ccccc2)C1.ClCc1ccccc1. The Kier molecular flexibility index (Phi) is 9.22. The first-order chi connectivity index (χ1) is 12.7. The quantitative estimate of drug-likeness (QED) is 0.552. The first-order valence-corrected chi connectivity index (χ1v) is 9.79. The lowest BCUT2D eigenvalue weighted by atomic mass is 9.98. The minimum Gasteiger partial charge on any atom is -0.466 e. The third-order valence-corrected chi connectivity index (χ3v) is 4.68. The van der Waals surface area contributed by atoms with Gasteiger partial charge in [-0.2, -0.15) is 0 Å². The molecule has 4 heteroatoms. The largest absolute Gasteiger partial charge is 0.466 e. The highest BCUT2D eigenvalue weighted by Crippen LogP contribution is 2.19. The number of halogens is 1. The second-order valence-corrected chi connectivity index (χ2v) is 6.70. The van der Waals surface area contributed by atoms with Crippen molar-refractivity contribution in [1.82, 2.24) is 4.90 Å². The Bertz CT molecular complexity index is 633. The van der Waals surface area contributed by atoms with Gasteiger partial charge in [-0.3, -0.25) is 9.69 Å². The van der Waals surface area contributed by atoms with Gasteiger partial charge in [-0.05, 0) is 37.4 Å². The molecule has 1 fully saturated rings. The van der Waals surface area contributed by atoms with Gasteiger partial charge in [0.1, 0.15) is 0 Å². The van der Waals surface area contributed by atoms with E-state index in [1.165, 1.54) is 11.1 Å². The van der Waals surface area contributed by atoms with Gasteiger partial charge in [0, 0.05) is 19.0 Å². The van der Waals surface area contributed by atoms with Crippen molar-refractivity contribution in [2.45, 2.75) is 32.2 Å². The Morgan fingerprint density at radius 3 is 2.23 bits per heavy atom. The Morgan fingerprint density at radius 1 is 1.08 bits per heavy atom. The number of ether oxygens (including phenoxy) is 1. The Balaban J connectivity index is 0.000000254. The van der Waals surface area contributed by atoms with Crippen molar-refractivity contribution in [1.29, 1.82) is 0 Å². The van der Waals surface area contributed by atoms with Crippen LogP contribution in [-0.2, 0) is 22.0 Å². The van der Waals surface area contributed by atoms with E-state index in [1.54, 1.807) is 0 Å². The van der Waals surface area contributed by atoms with Crippen LogP contribution in [0.25, 0.3) is 0 Å². The van der Waals surface area contributed by atoms with Crippen LogP contribution in [0.1, 0.15) is 30.9 Å². The lowest BCUT2D eigenvalue weighted by Crippen LogP contribution is -2.38. The Hall–Kier alpha value is -1.84. The number of esters is 1. The van der Waals surface area contributed by atoms with Gasteiger partial charge in [0.2, 0.25) is 0 Å². The van der Waals surface area contributed by atoms with Crippen molar-refractivity contribution < 1.29 is 9.53 Å². The van der Waals surface area contributed by atoms with Crippen LogP contribution in [0.4, 0.5) is 0 Å². The smallest absolute Gasteiger partial charge is 0.310 e. The number of hydrogen-bond donors (Lipinski definition) is 0. The van der Waals surface area contributed by atoms with Crippen LogP contribution in [0, 0.1) is 5.92 Å². The molecule has 2 aromatic rings. The van der Waals surface area contributed by atoms with Gasteiger partial charge < -0.3 is 4.74 Å². The molecule has 0 radical (unpaired) electrons. The van der Waals surface area contributed by atoms with E-state index in [4.69, 9.17) is 16.3 Å². The zero-order chi connectivity index (χ0) is 18.6. The number of carbonyl (C=O) groups is 1. The number of carbonyl (C=O) groups excluding carboxylic acids is 1. The van der Waals surface area contributed by atoms with Crippen LogP contribution < -0.4 is 0 Å². The number of nitrogens with zero attached hydrogens (tertiary/aromatic N) is 1. The molecule has 1 unspecified atom stereocenters. The van der Waals surface area contributed by atoms with Crippen LogP contribution in [-0.4, -0.2) is 30.6 Å². The summed E-state index contributed by atoms with van der Waals surface area (Å²) in [6, 6.07) is 20.4. The van der Waals surface area contributed by atoms with Crippen LogP contribution in [0.2, 0.25) is 0 Å². The molecule has 3 rings (SSSR count). The molecule has 1 aliphatic heterocycles. The number of hydrogen-bond acceptors (Lipinski definition) is 3. The average molecular weight is 374 g/mol. The van der Waals surface area contributed by atoms with Gasteiger partial charge in [-0.15, -0.1) is 11.6 Å². The van der Waals surface area contributed by atoms with Gasteiger partial charge >= 0.3 is 5.97 Å². The summed E-state index contributed by atoms with van der Waals surface area (Å²) in [4.78, 5) is 14.1. The molecule has 0 N–H and O–H groups in total. The van der Waals surface area contributed by atoms with Crippen LogP contribution in [0.5, 0.6) is 0 Å². The summed E-state index contributed by atoms with van der Waals surface area (Å²) in [5.74, 6) is 0.638. The van der Waals surface area contributed by atoms with Gasteiger partial charge in [0.05, 0.1) is 12.5 Å². The summed E-state index contributed by atoms with van der Waals surface area (Å²) in [7, 11) is 0. The van der Waals surface area contributed by atoms with Gasteiger partial charge in [-0.25, -0.2) is 0 Å². The molecule has 0 aliphatic carbocycles. The Morgan fingerprint density at radius 2 is 1.69 bits per heavy atom. The molecule has 2 aromatic carbocycles. The summed E-state index contributed by atoms with van der Waals surface area (Å²) in [6.45, 7) is 5.17. The van der Waals surface area contributed by atoms with Gasteiger partial charge in [0.15, 0.2) is 0 Å². The van der Waals surface area contributed by atoms with Crippen molar-refractivity contribution in [3.63, 3.8) is 0 Å². The maximum absolute atomic E-state index is 11.7. The molecule has 0 aromatic heterocycles. The monoisotopic (exact) mass is 373 g/mol. The van der Waals surface area contributed by atoms with Crippen LogP contribution >= 0.6 is 11.6 Å². The third kappa shape index (κ3) is 7.19. The fourth-order valence-electron chi connectivity index (χ4n) is 3.06. The fourth-order valence-corrected chi connectivity index (χ4v) is 3.24. The lowest BCUT2D eigenvalue weighted by molar-refractivity contribution is -0.150. The minimum atomic E-state index is -0.0322. The number of benzene rings is 2. The van der Waals surface area contributed by atoms with Crippen molar-refractivity contribution >= 4 is 17.6 Å². The molecule has 0 spiro atoms. The minimum absolute atomic E-state index is 0.0322. The van der Waals surface area contributed by atoms with Crippen molar-refractivity contribution in [3.8, 4) is 0 Å². The molecule has 3 nitrogen and oxygen atoms in total. The van der Waals surface area contributed by atoms with Crippen LogP contribution in [0.3, 0.4) is 0 Å². The molecule has 26 heavy (non-hydrogen) atoms. The summed E-state index contributed by atoms with van der Waals surface area (Å²) in [5, 5.41) is 0. The number of alkyl halides is 1. The second-order valence-electron chi connectivity index (χ2n) is 6.43. The van der Waals surface area contributed by atoms with E-state index in [1.807, 2.05) is 43.3 Å². The van der Waals surface area contributed by atoms with Gasteiger partial charge in [-0.1, -0.05) is 60.7 Å². The lowest BCUT2D eigenvalue weighted by Gasteiger charge is -2.31. The molecule has 1 aliphatic rings. The molecule has 1 saturated heterocycles. The molecule has 140 valence electrons. The van der Waals surface area contributed by atoms with Crippen molar-refractivity contribution in [2.24, 2.45) is 5.92 Å². The summed E-state index contributed by atoms with van der Waals surface area (Å²) >= 11 is 5.53. The maximum atomic E-state index is 11.7. The predicted octanol–water partition coefficient (Wildman–Crippen LogP) is 4.89. The van der Waals surface area contributed by atoms with E-state index in [2.05, 4.69) is 29.2 Å². The fraction of sp³-hybridized carbons (Fsp3) is 0.409. The third-order valence-electron chi connectivity index (χ3n) is 4.37. The molecule has 1 atom stereocenters. The average Bonchev–Trinajstić information content (AvgIpc) is 2.70. The standard InChI is InChI=1S/C15H21NO2.C7H7Cl/c1-2-18-15(17)14-9-6-10-16(12-14)11-13-7-4-3-5-8-13;8-6-7-4-2-1-3-5-7/h3-5,7-8,14H,2,6,9-12H2,1H3;1-5H,6H2. The summed E-state index contributed by atoms with van der Waals surface area (Å²) in [6.07, 6.45) is 2.04.